The fraction of sp³-hybridized carbons (Fsp3) is 0.100. The minimum Gasteiger partial charge on any atom is -0.350 e. The number of hydrogen-bond donors (Lipinski definition) is 0. The van der Waals surface area contributed by atoms with Gasteiger partial charge in [-0.3, -0.25) is 4.79 Å². The standard InChI is InChI=1S/C10H9NO/c1-11-6-8(7-12)9-4-2-3-5-10(9)11/h2-7H,1H3/i7+2. The topological polar surface area (TPSA) is 22.0 Å². The number of aromatic nitrogens is 1. The maximum Gasteiger partial charge on any atom is 0.152 e. The maximum absolute atomic E-state index is 10.6. The number of aldehydes is 1. The average Bonchev–Trinajstić information content (AvgIpc) is 2.44. The minimum atomic E-state index is 0.758. The summed E-state index contributed by atoms with van der Waals surface area (Å²) >= 11 is 0. The molecule has 1 heterocycles. The predicted molar refractivity (Wildman–Crippen MR) is 48.3 cm³/mol. The van der Waals surface area contributed by atoms with Gasteiger partial charge in [0, 0.05) is 29.7 Å². The zero-order chi connectivity index (χ0) is 8.55. The third kappa shape index (κ3) is 0.848. The molecule has 1 aromatic heterocycles. The Morgan fingerprint density at radius 3 is 2.83 bits per heavy atom. The van der Waals surface area contributed by atoms with E-state index in [1.165, 1.54) is 0 Å². The lowest BCUT2D eigenvalue weighted by atomic mass is 10.2. The van der Waals surface area contributed by atoms with E-state index < -0.39 is 0 Å². The van der Waals surface area contributed by atoms with E-state index in [1.54, 1.807) is 0 Å². The second-order valence-electron chi connectivity index (χ2n) is 2.83. The molecule has 60 valence electrons. The van der Waals surface area contributed by atoms with Gasteiger partial charge in [0.05, 0.1) is 0 Å². The summed E-state index contributed by atoms with van der Waals surface area (Å²) in [6.07, 6.45) is 2.74. The van der Waals surface area contributed by atoms with Gasteiger partial charge in [0.25, 0.3) is 0 Å². The summed E-state index contributed by atoms with van der Waals surface area (Å²) in [7, 11) is 1.94. The average molecular weight is 161 g/mol. The molecular weight excluding hydrogens is 152 g/mol. The van der Waals surface area contributed by atoms with Crippen LogP contribution < -0.4 is 0 Å². The Morgan fingerprint density at radius 2 is 2.08 bits per heavy atom. The third-order valence-electron chi connectivity index (χ3n) is 2.05. The Labute approximate surface area is 70.4 Å². The van der Waals surface area contributed by atoms with Crippen LogP contribution >= 0.6 is 0 Å². The highest BCUT2D eigenvalue weighted by Gasteiger charge is 2.02. The third-order valence-corrected chi connectivity index (χ3v) is 2.05. The fourth-order valence-corrected chi connectivity index (χ4v) is 1.47. The first-order chi connectivity index (χ1) is 5.83. The van der Waals surface area contributed by atoms with Gasteiger partial charge in [-0.15, -0.1) is 0 Å². The van der Waals surface area contributed by atoms with Crippen molar-refractivity contribution < 1.29 is 4.79 Å². The first-order valence-electron chi connectivity index (χ1n) is 3.82. The second-order valence-corrected chi connectivity index (χ2v) is 2.83. The van der Waals surface area contributed by atoms with Gasteiger partial charge in [0.1, 0.15) is 0 Å². The lowest BCUT2D eigenvalue weighted by Crippen LogP contribution is -1.81. The normalized spacial score (nSPS) is 10.4. The summed E-state index contributed by atoms with van der Waals surface area (Å²) < 4.78 is 1.96. The number of nitrogens with zero attached hydrogens (tertiary/aromatic N) is 1. The molecule has 2 heteroatoms. The smallest absolute Gasteiger partial charge is 0.152 e. The van der Waals surface area contributed by atoms with Crippen LogP contribution in [0.15, 0.2) is 30.5 Å². The Morgan fingerprint density at radius 1 is 1.33 bits per heavy atom. The summed E-state index contributed by atoms with van der Waals surface area (Å²) in [6, 6.07) is 7.87. The first kappa shape index (κ1) is 7.10. The van der Waals surface area contributed by atoms with Crippen LogP contribution in [0.2, 0.25) is 0 Å². The molecule has 0 N–H and O–H groups in total. The molecule has 0 aliphatic rings. The summed E-state index contributed by atoms with van der Waals surface area (Å²) in [6.45, 7) is 0. The molecule has 2 aromatic rings. The van der Waals surface area contributed by atoms with Gasteiger partial charge in [0.2, 0.25) is 0 Å². The highest BCUT2D eigenvalue weighted by atomic mass is 16.3. The fourth-order valence-electron chi connectivity index (χ4n) is 1.47. The number of fused-ring (bicyclic) bond motifs is 1. The van der Waals surface area contributed by atoms with Gasteiger partial charge in [-0.2, -0.15) is 0 Å². The van der Waals surface area contributed by atoms with Gasteiger partial charge >= 0.3 is 0 Å². The molecule has 12 heavy (non-hydrogen) atoms. The van der Waals surface area contributed by atoms with Crippen LogP contribution in [0.1, 0.15) is 10.4 Å². The van der Waals surface area contributed by atoms with Gasteiger partial charge in [0.15, 0.2) is 6.29 Å². The largest absolute Gasteiger partial charge is 0.350 e. The van der Waals surface area contributed by atoms with Crippen LogP contribution in [0, 0.1) is 0 Å². The molecule has 2 nitrogen and oxygen atoms in total. The number of carbonyl (C=O) groups is 1. The summed E-state index contributed by atoms with van der Waals surface area (Å²) in [5, 5.41) is 1.02. The molecule has 0 fully saturated rings. The van der Waals surface area contributed by atoms with E-state index in [1.807, 2.05) is 42.1 Å². The molecule has 0 saturated heterocycles. The molecule has 0 saturated carbocycles. The van der Waals surface area contributed by atoms with E-state index in [4.69, 9.17) is 0 Å². The minimum absolute atomic E-state index is 0.758. The molecule has 0 aliphatic heterocycles. The quantitative estimate of drug-likeness (QED) is 0.586. The molecule has 0 amide bonds. The second kappa shape index (κ2) is 2.48. The predicted octanol–water partition coefficient (Wildman–Crippen LogP) is 1.99. The van der Waals surface area contributed by atoms with Crippen molar-refractivity contribution in [3.05, 3.63) is 36.0 Å². The van der Waals surface area contributed by atoms with Crippen LogP contribution in [0.25, 0.3) is 10.9 Å². The SMILES string of the molecule is Cn1cc([14CH]=O)c2ccccc21. The van der Waals surface area contributed by atoms with Crippen molar-refractivity contribution >= 4 is 17.2 Å². The van der Waals surface area contributed by atoms with Crippen molar-refractivity contribution in [2.24, 2.45) is 7.05 Å². The summed E-state index contributed by atoms with van der Waals surface area (Å²) in [4.78, 5) is 10.6. The van der Waals surface area contributed by atoms with Gasteiger partial charge in [-0.25, -0.2) is 0 Å². The molecule has 0 spiro atoms. The molecule has 0 atom stereocenters. The van der Waals surface area contributed by atoms with Crippen LogP contribution in [-0.4, -0.2) is 10.9 Å². The van der Waals surface area contributed by atoms with E-state index in [-0.39, 0.29) is 0 Å². The van der Waals surface area contributed by atoms with Crippen LogP contribution in [0.4, 0.5) is 0 Å². The van der Waals surface area contributed by atoms with E-state index >= 15 is 0 Å². The first-order valence-corrected chi connectivity index (χ1v) is 3.82. The lowest BCUT2D eigenvalue weighted by molar-refractivity contribution is 0.112. The zero-order valence-electron chi connectivity index (χ0n) is 6.82. The van der Waals surface area contributed by atoms with Crippen molar-refractivity contribution in [3.63, 3.8) is 0 Å². The van der Waals surface area contributed by atoms with Crippen LogP contribution in [0.3, 0.4) is 0 Å². The van der Waals surface area contributed by atoms with Crippen molar-refractivity contribution in [1.29, 1.82) is 0 Å². The summed E-state index contributed by atoms with van der Waals surface area (Å²) in [5.74, 6) is 0. The number of benzene rings is 1. The number of rotatable bonds is 1. The Kier molecular flexibility index (Phi) is 1.47. The van der Waals surface area contributed by atoms with Crippen molar-refractivity contribution in [3.8, 4) is 0 Å². The van der Waals surface area contributed by atoms with E-state index in [0.29, 0.717) is 0 Å². The molecular formula is C10H9NO. The lowest BCUT2D eigenvalue weighted by Gasteiger charge is -1.92. The molecule has 1 aromatic carbocycles. The monoisotopic (exact) mass is 161 g/mol. The molecule has 2 rings (SSSR count). The van der Waals surface area contributed by atoms with Crippen molar-refractivity contribution in [2.75, 3.05) is 0 Å². The van der Waals surface area contributed by atoms with Crippen LogP contribution in [-0.2, 0) is 7.05 Å². The van der Waals surface area contributed by atoms with Gasteiger partial charge in [-0.1, -0.05) is 18.2 Å². The zero-order valence-corrected chi connectivity index (χ0v) is 6.82. The van der Waals surface area contributed by atoms with Crippen molar-refractivity contribution in [2.45, 2.75) is 0 Å². The number of para-hydroxylation sites is 1. The molecule has 0 aliphatic carbocycles. The number of carbonyl (C=O) groups excluding carboxylic acids is 1. The Hall–Kier alpha value is -1.57. The highest BCUT2D eigenvalue weighted by Crippen LogP contribution is 2.17. The summed E-state index contributed by atoms with van der Waals surface area (Å²) in [5.41, 5.74) is 1.85. The highest BCUT2D eigenvalue weighted by molar-refractivity contribution is 5.97. The van der Waals surface area contributed by atoms with E-state index in [9.17, 15) is 4.79 Å². The van der Waals surface area contributed by atoms with Gasteiger partial charge < -0.3 is 4.57 Å². The number of aryl methyl sites for hydroxylation is 1. The van der Waals surface area contributed by atoms with Crippen LogP contribution in [0.5, 0.6) is 0 Å². The molecule has 0 bridgehead atoms. The maximum atomic E-state index is 10.6. The van der Waals surface area contributed by atoms with E-state index in [2.05, 4.69) is 0 Å². The number of hydrogen-bond acceptors (Lipinski definition) is 1. The molecule has 0 radical (unpaired) electrons. The Bertz CT molecular complexity index is 428. The Balaban J connectivity index is 2.91. The van der Waals surface area contributed by atoms with E-state index in [0.717, 1.165) is 22.8 Å². The van der Waals surface area contributed by atoms with Crippen molar-refractivity contribution in [1.82, 2.24) is 4.57 Å². The van der Waals surface area contributed by atoms with Gasteiger partial charge in [-0.05, 0) is 6.07 Å². The molecule has 0 unspecified atom stereocenters.